The molecule has 0 aliphatic carbocycles. The van der Waals surface area contributed by atoms with Crippen LogP contribution in [0.4, 0.5) is 0 Å². The van der Waals surface area contributed by atoms with Crippen molar-refractivity contribution in [3.8, 4) is 11.5 Å². The van der Waals surface area contributed by atoms with Crippen LogP contribution in [0.25, 0.3) is 0 Å². The van der Waals surface area contributed by atoms with Gasteiger partial charge < -0.3 is 14.8 Å². The average Bonchev–Trinajstić information content (AvgIpc) is 2.15. The summed E-state index contributed by atoms with van der Waals surface area (Å²) in [5, 5.41) is 3.25. The number of fused-ring (bicyclic) bond motifs is 1. The minimum atomic E-state index is 0.228. The van der Waals surface area contributed by atoms with Gasteiger partial charge >= 0.3 is 0 Å². The summed E-state index contributed by atoms with van der Waals surface area (Å²) in [6.07, 6.45) is 0.228. The molecule has 2 aliphatic rings. The molecule has 1 N–H and O–H groups in total. The predicted molar refractivity (Wildman–Crippen MR) is 52.7 cm³/mol. The number of benzene rings is 1. The smallest absolute Gasteiger partial charge is 0.161 e. The van der Waals surface area contributed by atoms with Crippen LogP contribution in [0.3, 0.4) is 0 Å². The van der Waals surface area contributed by atoms with Crippen molar-refractivity contribution in [3.05, 3.63) is 24.3 Å². The van der Waals surface area contributed by atoms with Gasteiger partial charge in [0, 0.05) is 19.0 Å². The van der Waals surface area contributed by atoms with Crippen molar-refractivity contribution in [2.45, 2.75) is 6.10 Å². The first-order valence-corrected chi connectivity index (χ1v) is 5.03. The van der Waals surface area contributed by atoms with Crippen LogP contribution < -0.4 is 14.8 Å². The quantitative estimate of drug-likeness (QED) is 0.719. The largest absolute Gasteiger partial charge is 0.486 e. The Balaban J connectivity index is 1.79. The zero-order chi connectivity index (χ0) is 9.38. The molecular formula is C11H13NO2. The Bertz CT molecular complexity index is 336. The molecule has 1 aromatic carbocycles. The van der Waals surface area contributed by atoms with E-state index in [9.17, 15) is 0 Å². The molecule has 3 rings (SSSR count). The highest BCUT2D eigenvalue weighted by molar-refractivity contribution is 5.40. The summed E-state index contributed by atoms with van der Waals surface area (Å²) in [5.41, 5.74) is 0. The molecule has 0 radical (unpaired) electrons. The fraction of sp³-hybridized carbons (Fsp3) is 0.455. The van der Waals surface area contributed by atoms with E-state index in [1.165, 1.54) is 0 Å². The number of rotatable bonds is 1. The summed E-state index contributed by atoms with van der Waals surface area (Å²) in [6.45, 7) is 2.79. The van der Waals surface area contributed by atoms with Gasteiger partial charge in [0.25, 0.3) is 0 Å². The number of para-hydroxylation sites is 2. The molecule has 0 saturated carbocycles. The number of hydrogen-bond donors (Lipinski definition) is 1. The van der Waals surface area contributed by atoms with Crippen LogP contribution in [0.1, 0.15) is 0 Å². The molecule has 0 spiro atoms. The molecule has 74 valence electrons. The van der Waals surface area contributed by atoms with E-state index < -0.39 is 0 Å². The van der Waals surface area contributed by atoms with Crippen LogP contribution in [-0.2, 0) is 0 Å². The molecule has 1 saturated heterocycles. The second-order valence-corrected chi connectivity index (χ2v) is 3.83. The van der Waals surface area contributed by atoms with Gasteiger partial charge in [-0.05, 0) is 12.1 Å². The second kappa shape index (κ2) is 3.17. The number of nitrogens with one attached hydrogen (secondary N) is 1. The molecule has 1 aromatic rings. The van der Waals surface area contributed by atoms with Gasteiger partial charge in [0.15, 0.2) is 11.5 Å². The minimum absolute atomic E-state index is 0.228. The summed E-state index contributed by atoms with van der Waals surface area (Å²) in [6, 6.07) is 7.86. The van der Waals surface area contributed by atoms with E-state index in [0.717, 1.165) is 24.6 Å². The first-order chi connectivity index (χ1) is 6.93. The van der Waals surface area contributed by atoms with Crippen LogP contribution >= 0.6 is 0 Å². The second-order valence-electron chi connectivity index (χ2n) is 3.83. The molecule has 2 aliphatic heterocycles. The summed E-state index contributed by atoms with van der Waals surface area (Å²) < 4.78 is 11.5. The van der Waals surface area contributed by atoms with Gasteiger partial charge in [-0.1, -0.05) is 12.1 Å². The molecule has 0 aromatic heterocycles. The normalized spacial score (nSPS) is 25.6. The average molecular weight is 191 g/mol. The minimum Gasteiger partial charge on any atom is -0.486 e. The van der Waals surface area contributed by atoms with E-state index in [-0.39, 0.29) is 6.10 Å². The molecule has 3 nitrogen and oxygen atoms in total. The van der Waals surface area contributed by atoms with Gasteiger partial charge in [0.1, 0.15) is 12.7 Å². The maximum absolute atomic E-state index is 5.87. The van der Waals surface area contributed by atoms with Crippen LogP contribution in [0.5, 0.6) is 11.5 Å². The Hall–Kier alpha value is -1.22. The third-order valence-corrected chi connectivity index (χ3v) is 2.87. The molecule has 1 unspecified atom stereocenters. The van der Waals surface area contributed by atoms with Crippen LogP contribution in [0.2, 0.25) is 0 Å². The highest BCUT2D eigenvalue weighted by Crippen LogP contribution is 2.33. The maximum Gasteiger partial charge on any atom is 0.161 e. The van der Waals surface area contributed by atoms with Crippen molar-refractivity contribution in [3.63, 3.8) is 0 Å². The van der Waals surface area contributed by atoms with E-state index in [1.807, 2.05) is 24.3 Å². The van der Waals surface area contributed by atoms with Crippen molar-refractivity contribution < 1.29 is 9.47 Å². The van der Waals surface area contributed by atoms with Crippen LogP contribution in [0, 0.1) is 5.92 Å². The van der Waals surface area contributed by atoms with Gasteiger partial charge in [0.05, 0.1) is 0 Å². The number of hydrogen-bond acceptors (Lipinski definition) is 3. The topological polar surface area (TPSA) is 30.5 Å². The summed E-state index contributed by atoms with van der Waals surface area (Å²) in [4.78, 5) is 0. The van der Waals surface area contributed by atoms with Crippen LogP contribution in [0.15, 0.2) is 24.3 Å². The fourth-order valence-electron chi connectivity index (χ4n) is 1.84. The van der Waals surface area contributed by atoms with E-state index in [2.05, 4.69) is 5.32 Å². The van der Waals surface area contributed by atoms with Crippen molar-refractivity contribution >= 4 is 0 Å². The van der Waals surface area contributed by atoms with Gasteiger partial charge in [-0.25, -0.2) is 0 Å². The Labute approximate surface area is 83.0 Å². The Kier molecular flexibility index (Phi) is 1.84. The first-order valence-electron chi connectivity index (χ1n) is 5.03. The maximum atomic E-state index is 5.87. The molecule has 2 heterocycles. The number of ether oxygens (including phenoxy) is 2. The zero-order valence-corrected chi connectivity index (χ0v) is 7.90. The van der Waals surface area contributed by atoms with Gasteiger partial charge in [-0.15, -0.1) is 0 Å². The lowest BCUT2D eigenvalue weighted by molar-refractivity contribution is 0.0287. The molecular weight excluding hydrogens is 178 g/mol. The van der Waals surface area contributed by atoms with Gasteiger partial charge in [-0.2, -0.15) is 0 Å². The van der Waals surface area contributed by atoms with E-state index in [1.54, 1.807) is 0 Å². The van der Waals surface area contributed by atoms with Gasteiger partial charge in [-0.3, -0.25) is 0 Å². The highest BCUT2D eigenvalue weighted by Gasteiger charge is 2.32. The van der Waals surface area contributed by atoms with E-state index in [4.69, 9.17) is 9.47 Å². The van der Waals surface area contributed by atoms with Gasteiger partial charge in [0.2, 0.25) is 0 Å². The highest BCUT2D eigenvalue weighted by atomic mass is 16.6. The molecule has 0 bridgehead atoms. The molecule has 14 heavy (non-hydrogen) atoms. The Morgan fingerprint density at radius 2 is 1.93 bits per heavy atom. The molecule has 1 atom stereocenters. The predicted octanol–water partition coefficient (Wildman–Crippen LogP) is 1.05. The van der Waals surface area contributed by atoms with E-state index >= 15 is 0 Å². The lowest BCUT2D eigenvalue weighted by Crippen LogP contribution is -2.53. The monoisotopic (exact) mass is 191 g/mol. The molecule has 0 amide bonds. The van der Waals surface area contributed by atoms with Crippen molar-refractivity contribution in [2.24, 2.45) is 5.92 Å². The van der Waals surface area contributed by atoms with Crippen molar-refractivity contribution in [1.82, 2.24) is 5.32 Å². The third kappa shape index (κ3) is 1.24. The van der Waals surface area contributed by atoms with E-state index in [0.29, 0.717) is 12.5 Å². The summed E-state index contributed by atoms with van der Waals surface area (Å²) in [5.74, 6) is 2.37. The summed E-state index contributed by atoms with van der Waals surface area (Å²) in [7, 11) is 0. The lowest BCUT2D eigenvalue weighted by Gasteiger charge is -2.37. The fourth-order valence-corrected chi connectivity index (χ4v) is 1.84. The van der Waals surface area contributed by atoms with Crippen molar-refractivity contribution in [1.29, 1.82) is 0 Å². The van der Waals surface area contributed by atoms with Crippen molar-refractivity contribution in [2.75, 3.05) is 19.7 Å². The molecule has 1 fully saturated rings. The Morgan fingerprint density at radius 1 is 1.14 bits per heavy atom. The third-order valence-electron chi connectivity index (χ3n) is 2.87. The molecule has 3 heteroatoms. The zero-order valence-electron chi connectivity index (χ0n) is 7.90. The summed E-state index contributed by atoms with van der Waals surface area (Å²) >= 11 is 0. The first kappa shape index (κ1) is 8.12. The van der Waals surface area contributed by atoms with Crippen LogP contribution in [-0.4, -0.2) is 25.8 Å². The lowest BCUT2D eigenvalue weighted by atomic mass is 9.96. The standard InChI is InChI=1S/C11H13NO2/c1-2-4-10-9(3-1)13-7-11(14-10)8-5-12-6-8/h1-4,8,11-12H,5-7H2. The Morgan fingerprint density at radius 3 is 2.64 bits per heavy atom. The SMILES string of the molecule is c1ccc2c(c1)OCC(C1CNC1)O2.